The van der Waals surface area contributed by atoms with E-state index in [1.54, 1.807) is 19.2 Å². The van der Waals surface area contributed by atoms with Gasteiger partial charge in [-0.25, -0.2) is 4.79 Å². The van der Waals surface area contributed by atoms with E-state index in [2.05, 4.69) is 5.32 Å². The Morgan fingerprint density at radius 1 is 1.36 bits per heavy atom. The van der Waals surface area contributed by atoms with Crippen LogP contribution in [0.15, 0.2) is 18.2 Å². The molecular formula is C13H14ClF3N2O3. The van der Waals surface area contributed by atoms with Gasteiger partial charge in [0.2, 0.25) is 0 Å². The number of carbonyl (C=O) groups excluding carboxylic acids is 1. The smallest absolute Gasteiger partial charge is 0.424 e. The molecule has 22 heavy (non-hydrogen) atoms. The van der Waals surface area contributed by atoms with Crippen LogP contribution >= 0.6 is 11.6 Å². The number of urea groups is 1. The van der Waals surface area contributed by atoms with Crippen LogP contribution in [0, 0.1) is 0 Å². The first-order valence-electron chi connectivity index (χ1n) is 6.50. The average Bonchev–Trinajstić information content (AvgIpc) is 2.76. The number of amides is 2. The van der Waals surface area contributed by atoms with E-state index in [4.69, 9.17) is 21.1 Å². The van der Waals surface area contributed by atoms with Gasteiger partial charge in [-0.05, 0) is 25.5 Å². The third-order valence-electron chi connectivity index (χ3n) is 3.05. The first kappa shape index (κ1) is 16.5. The van der Waals surface area contributed by atoms with Crippen molar-refractivity contribution in [3.05, 3.63) is 23.2 Å². The van der Waals surface area contributed by atoms with E-state index in [0.29, 0.717) is 6.42 Å². The van der Waals surface area contributed by atoms with Crippen LogP contribution in [-0.4, -0.2) is 24.2 Å². The lowest BCUT2D eigenvalue weighted by molar-refractivity contribution is -0.317. The first-order chi connectivity index (χ1) is 10.2. The number of hydrogen-bond acceptors (Lipinski definition) is 3. The molecule has 1 aromatic rings. The highest BCUT2D eigenvalue weighted by Gasteiger charge is 2.65. The number of hydrogen-bond donors (Lipinski definition) is 2. The van der Waals surface area contributed by atoms with Crippen LogP contribution < -0.4 is 20.1 Å². The number of nitrogens with one attached hydrogen (secondary N) is 2. The van der Waals surface area contributed by atoms with Crippen molar-refractivity contribution < 1.29 is 27.4 Å². The van der Waals surface area contributed by atoms with Gasteiger partial charge < -0.3 is 14.8 Å². The lowest BCUT2D eigenvalue weighted by Crippen LogP contribution is -2.66. The van der Waals surface area contributed by atoms with Crippen LogP contribution in [0.2, 0.25) is 5.02 Å². The largest absolute Gasteiger partial charge is 0.492 e. The first-order valence-corrected chi connectivity index (χ1v) is 6.87. The Morgan fingerprint density at radius 2 is 2.00 bits per heavy atom. The molecule has 0 aromatic heterocycles. The zero-order valence-electron chi connectivity index (χ0n) is 11.8. The van der Waals surface area contributed by atoms with Gasteiger partial charge in [0.25, 0.3) is 0 Å². The number of ether oxygens (including phenoxy) is 2. The molecule has 1 heterocycles. The minimum absolute atomic E-state index is 0.162. The number of fused-ring (bicyclic) bond motifs is 1. The van der Waals surface area contributed by atoms with E-state index in [-0.39, 0.29) is 22.6 Å². The lowest BCUT2D eigenvalue weighted by atomic mass is 10.3. The summed E-state index contributed by atoms with van der Waals surface area (Å²) in [6.07, 6.45) is -4.44. The number of carbonyl (C=O) groups is 1. The van der Waals surface area contributed by atoms with Crippen LogP contribution in [0.1, 0.15) is 20.3 Å². The molecule has 9 heteroatoms. The van der Waals surface area contributed by atoms with Crippen molar-refractivity contribution in [2.24, 2.45) is 0 Å². The molecule has 0 aliphatic carbocycles. The van der Waals surface area contributed by atoms with Crippen LogP contribution in [0.4, 0.5) is 18.0 Å². The van der Waals surface area contributed by atoms with Crippen LogP contribution in [0.25, 0.3) is 0 Å². The molecule has 0 saturated heterocycles. The molecule has 2 amide bonds. The van der Waals surface area contributed by atoms with Gasteiger partial charge in [-0.2, -0.15) is 13.2 Å². The fourth-order valence-corrected chi connectivity index (χ4v) is 1.89. The van der Waals surface area contributed by atoms with Gasteiger partial charge >= 0.3 is 18.1 Å². The zero-order chi connectivity index (χ0) is 16.5. The topological polar surface area (TPSA) is 59.6 Å². The molecule has 1 aromatic carbocycles. The van der Waals surface area contributed by atoms with Crippen LogP contribution in [0.5, 0.6) is 11.5 Å². The zero-order valence-corrected chi connectivity index (χ0v) is 12.5. The summed E-state index contributed by atoms with van der Waals surface area (Å²) in [6.45, 7) is 3.44. The van der Waals surface area contributed by atoms with Crippen molar-refractivity contribution in [1.82, 2.24) is 10.6 Å². The van der Waals surface area contributed by atoms with E-state index in [1.807, 2.05) is 0 Å². The van der Waals surface area contributed by atoms with E-state index < -0.39 is 18.1 Å². The monoisotopic (exact) mass is 338 g/mol. The van der Waals surface area contributed by atoms with Gasteiger partial charge in [0.15, 0.2) is 11.5 Å². The van der Waals surface area contributed by atoms with Gasteiger partial charge in [-0.1, -0.05) is 18.5 Å². The van der Waals surface area contributed by atoms with Crippen molar-refractivity contribution in [3.8, 4) is 11.5 Å². The number of halogens is 4. The summed E-state index contributed by atoms with van der Waals surface area (Å²) in [7, 11) is 0. The lowest BCUT2D eigenvalue weighted by Gasteiger charge is -2.30. The summed E-state index contributed by atoms with van der Waals surface area (Å²) < 4.78 is 49.7. The molecular weight excluding hydrogens is 325 g/mol. The summed E-state index contributed by atoms with van der Waals surface area (Å²) in [5.74, 6) is -3.64. The van der Waals surface area contributed by atoms with Crippen LogP contribution in [0.3, 0.4) is 0 Å². The van der Waals surface area contributed by atoms with E-state index in [1.165, 1.54) is 18.2 Å². The van der Waals surface area contributed by atoms with Crippen molar-refractivity contribution in [2.75, 3.05) is 0 Å². The highest BCUT2D eigenvalue weighted by Crippen LogP contribution is 2.45. The molecule has 1 aliphatic heterocycles. The molecule has 0 bridgehead atoms. The molecule has 122 valence electrons. The summed E-state index contributed by atoms with van der Waals surface area (Å²) >= 11 is 5.71. The molecule has 1 aliphatic rings. The predicted molar refractivity (Wildman–Crippen MR) is 72.9 cm³/mol. The summed E-state index contributed by atoms with van der Waals surface area (Å²) in [6, 6.07) is 2.42. The normalized spacial score (nSPS) is 21.4. The Hall–Kier alpha value is -1.83. The Labute approximate surface area is 129 Å². The van der Waals surface area contributed by atoms with Crippen LogP contribution in [-0.2, 0) is 0 Å². The van der Waals surface area contributed by atoms with Gasteiger partial charge in [0.05, 0.1) is 0 Å². The molecule has 0 fully saturated rings. The third kappa shape index (κ3) is 3.16. The SMILES string of the molecule is CC[C@H](C)NC(=O)N[C@@]1(C(F)(F)F)Oc2ccc(Cl)cc2O1. The quantitative estimate of drug-likeness (QED) is 0.887. The van der Waals surface area contributed by atoms with Gasteiger partial charge in [-0.3, -0.25) is 5.32 Å². The van der Waals surface area contributed by atoms with Crippen molar-refractivity contribution in [3.63, 3.8) is 0 Å². The molecule has 2 atom stereocenters. The second kappa shape index (κ2) is 5.75. The highest BCUT2D eigenvalue weighted by atomic mass is 35.5. The Bertz CT molecular complexity index is 582. The second-order valence-electron chi connectivity index (χ2n) is 4.82. The molecule has 0 saturated carbocycles. The van der Waals surface area contributed by atoms with Gasteiger partial charge in [0, 0.05) is 17.1 Å². The Kier molecular flexibility index (Phi) is 4.32. The molecule has 0 spiro atoms. The van der Waals surface area contributed by atoms with Gasteiger partial charge in [0.1, 0.15) is 0 Å². The number of benzene rings is 1. The summed E-state index contributed by atoms with van der Waals surface area (Å²) in [5, 5.41) is 4.24. The van der Waals surface area contributed by atoms with Crippen molar-refractivity contribution >= 4 is 17.6 Å². The summed E-state index contributed by atoms with van der Waals surface area (Å²) in [4.78, 5) is 11.7. The Morgan fingerprint density at radius 3 is 2.59 bits per heavy atom. The fourth-order valence-electron chi connectivity index (χ4n) is 1.73. The third-order valence-corrected chi connectivity index (χ3v) is 3.29. The van der Waals surface area contributed by atoms with E-state index in [0.717, 1.165) is 0 Å². The second-order valence-corrected chi connectivity index (χ2v) is 5.25. The predicted octanol–water partition coefficient (Wildman–Crippen LogP) is 3.43. The molecule has 2 rings (SSSR count). The standard InChI is InChI=1S/C13H14ClF3N2O3/c1-3-7(2)18-11(20)19-13(12(15,16)17)21-9-5-4-8(14)6-10(9)22-13/h4-7H,3H2,1-2H3,(H2,18,19,20)/t7-,13-/m0/s1. The Balaban J connectivity index is 2.24. The number of rotatable bonds is 3. The van der Waals surface area contributed by atoms with Crippen molar-refractivity contribution in [2.45, 2.75) is 38.4 Å². The maximum atomic E-state index is 13.3. The minimum Gasteiger partial charge on any atom is -0.424 e. The molecule has 0 radical (unpaired) electrons. The molecule has 5 nitrogen and oxygen atoms in total. The highest BCUT2D eigenvalue weighted by molar-refractivity contribution is 6.30. The fraction of sp³-hybridized carbons (Fsp3) is 0.462. The number of alkyl halides is 3. The maximum absolute atomic E-state index is 13.3. The van der Waals surface area contributed by atoms with Gasteiger partial charge in [-0.15, -0.1) is 0 Å². The molecule has 2 N–H and O–H groups in total. The minimum atomic E-state index is -4.99. The average molecular weight is 339 g/mol. The van der Waals surface area contributed by atoms with Crippen molar-refractivity contribution in [1.29, 1.82) is 0 Å². The molecule has 0 unspecified atom stereocenters. The van der Waals surface area contributed by atoms with E-state index >= 15 is 0 Å². The van der Waals surface area contributed by atoms with E-state index in [9.17, 15) is 18.0 Å². The maximum Gasteiger partial charge on any atom is 0.492 e. The summed E-state index contributed by atoms with van der Waals surface area (Å²) in [5.41, 5.74) is 0.